The van der Waals surface area contributed by atoms with Gasteiger partial charge in [-0.25, -0.2) is 0 Å². The molecule has 0 aliphatic heterocycles. The molecule has 0 amide bonds. The average Bonchev–Trinajstić information content (AvgIpc) is 2.05. The first-order chi connectivity index (χ1) is 6.83. The van der Waals surface area contributed by atoms with Crippen molar-refractivity contribution in [2.75, 3.05) is 26.2 Å². The fourth-order valence-corrected chi connectivity index (χ4v) is 0.236. The van der Waals surface area contributed by atoms with Gasteiger partial charge in [0.2, 0.25) is 0 Å². The van der Waals surface area contributed by atoms with Crippen LogP contribution in [0.15, 0.2) is 0 Å². The van der Waals surface area contributed by atoms with E-state index in [9.17, 15) is 17.3 Å². The predicted molar refractivity (Wildman–Crippen MR) is 55.6 cm³/mol. The third kappa shape index (κ3) is 142. The molecule has 0 saturated carbocycles. The Morgan fingerprint density at radius 2 is 0.750 bits per heavy atom. The Morgan fingerprint density at radius 3 is 0.750 bits per heavy atom. The van der Waals surface area contributed by atoms with Crippen LogP contribution in [0.1, 0.15) is 12.8 Å². The molecule has 0 aromatic heterocycles. The molecule has 10 heteroatoms. The van der Waals surface area contributed by atoms with Gasteiger partial charge < -0.3 is 40.2 Å². The fraction of sp³-hybridized carbons (Fsp3) is 1.00. The van der Waals surface area contributed by atoms with Crippen molar-refractivity contribution in [2.45, 2.75) is 12.8 Å². The van der Waals surface area contributed by atoms with Crippen molar-refractivity contribution in [1.29, 1.82) is 0 Å². The van der Waals surface area contributed by atoms with Crippen molar-refractivity contribution in [3.8, 4) is 0 Å². The van der Waals surface area contributed by atoms with Gasteiger partial charge in [0.15, 0.2) is 0 Å². The largest absolute Gasteiger partial charge is 0.673 e. The number of hydrogen-bond acceptors (Lipinski definition) is 4. The number of hydrogen-bond donors (Lipinski definition) is 4. The van der Waals surface area contributed by atoms with E-state index >= 15 is 0 Å². The monoisotopic (exact) mass is 298 g/mol. The molecule has 1 radical (unpaired) electrons. The van der Waals surface area contributed by atoms with Crippen molar-refractivity contribution in [2.24, 2.45) is 22.9 Å². The summed E-state index contributed by atoms with van der Waals surface area (Å²) < 4.78 is 39.0. The van der Waals surface area contributed by atoms with Crippen molar-refractivity contribution in [3.05, 3.63) is 0 Å². The Kier molecular flexibility index (Phi) is 32.2. The van der Waals surface area contributed by atoms with Crippen LogP contribution >= 0.6 is 0 Å². The molecule has 0 fully saturated rings. The summed E-state index contributed by atoms with van der Waals surface area (Å²) in [6.07, 6.45) is 1.89. The van der Waals surface area contributed by atoms with Gasteiger partial charge in [-0.05, 0) is 39.0 Å². The van der Waals surface area contributed by atoms with E-state index in [-0.39, 0.29) is 17.1 Å². The maximum absolute atomic E-state index is 9.75. The molecule has 16 heavy (non-hydrogen) atoms. The summed E-state index contributed by atoms with van der Waals surface area (Å²) in [5, 5.41) is 0. The fourth-order valence-electron chi connectivity index (χ4n) is 0.236. The molecule has 4 nitrogen and oxygen atoms in total. The average molecular weight is 299 g/mol. The van der Waals surface area contributed by atoms with Gasteiger partial charge >= 0.3 is 7.25 Å². The van der Waals surface area contributed by atoms with Crippen LogP contribution in [0.4, 0.5) is 17.3 Å². The van der Waals surface area contributed by atoms with E-state index in [1.165, 1.54) is 0 Å². The summed E-state index contributed by atoms with van der Waals surface area (Å²) in [5.74, 6) is 0. The van der Waals surface area contributed by atoms with E-state index in [1.807, 2.05) is 0 Å². The Bertz CT molecular complexity index is 93.0. The number of nitrogens with two attached hydrogens (primary N) is 4. The summed E-state index contributed by atoms with van der Waals surface area (Å²) in [6.45, 7) is 2.88. The standard InChI is InChI=1S/2C3H10N2.BF4.Cu/c2*4-2-1-3-5;2-1(3,4)5;/h2*1-5H2;;/q;;-1;. The number of halogens is 4. The summed E-state index contributed by atoms with van der Waals surface area (Å²) in [4.78, 5) is 0. The maximum Gasteiger partial charge on any atom is 0.673 e. The molecule has 0 unspecified atom stereocenters. The minimum absolute atomic E-state index is 0. The molecule has 0 spiro atoms. The van der Waals surface area contributed by atoms with Crippen LogP contribution in [-0.4, -0.2) is 33.4 Å². The van der Waals surface area contributed by atoms with Gasteiger partial charge in [-0.15, -0.1) is 0 Å². The van der Waals surface area contributed by atoms with Crippen molar-refractivity contribution >= 4 is 7.25 Å². The second kappa shape index (κ2) is 20.5. The smallest absolute Gasteiger partial charge is 0.418 e. The van der Waals surface area contributed by atoms with E-state index in [2.05, 4.69) is 0 Å². The van der Waals surface area contributed by atoms with E-state index in [4.69, 9.17) is 22.9 Å². The molecule has 0 atom stereocenters. The zero-order valence-corrected chi connectivity index (χ0v) is 9.88. The van der Waals surface area contributed by atoms with Crippen LogP contribution in [0.2, 0.25) is 0 Å². The Morgan fingerprint density at radius 1 is 0.625 bits per heavy atom. The summed E-state index contributed by atoms with van der Waals surface area (Å²) in [5.41, 5.74) is 20.2. The molecule has 107 valence electrons. The van der Waals surface area contributed by atoms with E-state index in [0.29, 0.717) is 0 Å². The Balaban J connectivity index is -0.0000000655. The van der Waals surface area contributed by atoms with Gasteiger partial charge in [0, 0.05) is 17.1 Å². The maximum atomic E-state index is 9.75. The van der Waals surface area contributed by atoms with Crippen LogP contribution in [0.25, 0.3) is 0 Å². The zero-order chi connectivity index (χ0) is 12.7. The first-order valence-corrected chi connectivity index (χ1v) is 4.51. The van der Waals surface area contributed by atoms with Crippen LogP contribution in [-0.2, 0) is 17.1 Å². The van der Waals surface area contributed by atoms with Gasteiger partial charge in [-0.3, -0.25) is 0 Å². The molecule has 0 saturated heterocycles. The molecule has 0 rings (SSSR count). The van der Waals surface area contributed by atoms with E-state index in [1.54, 1.807) is 0 Å². The van der Waals surface area contributed by atoms with Gasteiger partial charge in [0.1, 0.15) is 0 Å². The molecule has 0 heterocycles. The first-order valence-electron chi connectivity index (χ1n) is 4.51. The van der Waals surface area contributed by atoms with Gasteiger partial charge in [0.25, 0.3) is 0 Å². The third-order valence-corrected chi connectivity index (χ3v) is 0.816. The van der Waals surface area contributed by atoms with Crippen LogP contribution in [0.5, 0.6) is 0 Å². The predicted octanol–water partition coefficient (Wildman–Crippen LogP) is -0.115. The third-order valence-electron chi connectivity index (χ3n) is 0.816. The molecule has 0 aliphatic carbocycles. The first kappa shape index (κ1) is 25.1. The van der Waals surface area contributed by atoms with Gasteiger partial charge in [0.05, 0.1) is 0 Å². The normalized spacial score (nSPS) is 9.00. The zero-order valence-electron chi connectivity index (χ0n) is 8.94. The minimum Gasteiger partial charge on any atom is -0.418 e. The second-order valence-corrected chi connectivity index (χ2v) is 2.36. The quantitative estimate of drug-likeness (QED) is 0.429. The van der Waals surface area contributed by atoms with Crippen molar-refractivity contribution in [3.63, 3.8) is 0 Å². The van der Waals surface area contributed by atoms with Crippen LogP contribution in [0, 0.1) is 0 Å². The molecule has 0 aromatic carbocycles. The minimum atomic E-state index is -6.00. The number of rotatable bonds is 4. The van der Waals surface area contributed by atoms with Crippen LogP contribution in [0.3, 0.4) is 0 Å². The summed E-state index contributed by atoms with van der Waals surface area (Å²) in [7, 11) is -6.00. The SMILES string of the molecule is F[B-](F)(F)F.NCCCN.NCCCN.[Cu]. The Hall–Kier alpha value is 0.144. The molecule has 0 aromatic rings. The van der Waals surface area contributed by atoms with Crippen molar-refractivity contribution < 1.29 is 34.3 Å². The molecule has 8 N–H and O–H groups in total. The van der Waals surface area contributed by atoms with Crippen LogP contribution < -0.4 is 22.9 Å². The Labute approximate surface area is 104 Å². The van der Waals surface area contributed by atoms with Gasteiger partial charge in [-0.2, -0.15) is 0 Å². The molecule has 0 bridgehead atoms. The van der Waals surface area contributed by atoms with E-state index < -0.39 is 7.25 Å². The topological polar surface area (TPSA) is 104 Å². The second-order valence-electron chi connectivity index (χ2n) is 2.36. The summed E-state index contributed by atoms with van der Waals surface area (Å²) >= 11 is 0. The van der Waals surface area contributed by atoms with Gasteiger partial charge in [-0.1, -0.05) is 0 Å². The molecular formula is C6H20BCuF4N4-. The summed E-state index contributed by atoms with van der Waals surface area (Å²) in [6, 6.07) is 0. The molecule has 0 aliphatic rings. The van der Waals surface area contributed by atoms with Crippen molar-refractivity contribution in [1.82, 2.24) is 0 Å². The molecular weight excluding hydrogens is 278 g/mol. The van der Waals surface area contributed by atoms with E-state index in [0.717, 1.165) is 39.0 Å².